The summed E-state index contributed by atoms with van der Waals surface area (Å²) in [6.45, 7) is 0.994. The maximum atomic E-state index is 12.5. The molecule has 1 aromatic rings. The van der Waals surface area contributed by atoms with E-state index in [2.05, 4.69) is 10.3 Å². The molecule has 0 amide bonds. The number of aromatic carboxylic acids is 1. The number of aromatic nitrogens is 3. The zero-order valence-corrected chi connectivity index (χ0v) is 7.76. The lowest BCUT2D eigenvalue weighted by Crippen LogP contribution is -2.15. The van der Waals surface area contributed by atoms with Gasteiger partial charge >= 0.3 is 5.97 Å². The Labute approximate surface area is 83.1 Å². The third-order valence-electron chi connectivity index (χ3n) is 1.82. The van der Waals surface area contributed by atoms with Gasteiger partial charge in [-0.05, 0) is 6.92 Å². The molecule has 15 heavy (non-hydrogen) atoms. The molecule has 84 valence electrons. The van der Waals surface area contributed by atoms with Gasteiger partial charge in [0.15, 0.2) is 5.69 Å². The first kappa shape index (κ1) is 11.5. The average Bonchev–Trinajstić information content (AvgIpc) is 2.60. The normalized spacial score (nSPS) is 13.1. The van der Waals surface area contributed by atoms with E-state index in [0.29, 0.717) is 4.68 Å². The van der Waals surface area contributed by atoms with E-state index < -0.39 is 36.4 Å². The minimum atomic E-state index is -3.00. The van der Waals surface area contributed by atoms with Crippen molar-refractivity contribution >= 4 is 5.97 Å². The standard InChI is InChI=1S/C7H9F2N3O3/c1-3(2-13)12-5(6(8)9)4(7(14)15)10-11-12/h3,6,13H,2H2,1H3,(H,14,15). The Bertz CT molecular complexity index is 366. The molecular weight excluding hydrogens is 212 g/mol. The van der Waals surface area contributed by atoms with Crippen LogP contribution in [0.4, 0.5) is 8.78 Å². The second kappa shape index (κ2) is 4.30. The summed E-state index contributed by atoms with van der Waals surface area (Å²) in [4.78, 5) is 10.5. The third kappa shape index (κ3) is 2.09. The van der Waals surface area contributed by atoms with Crippen LogP contribution in [0.3, 0.4) is 0 Å². The van der Waals surface area contributed by atoms with Crippen molar-refractivity contribution < 1.29 is 23.8 Å². The summed E-state index contributed by atoms with van der Waals surface area (Å²) >= 11 is 0. The maximum Gasteiger partial charge on any atom is 0.358 e. The van der Waals surface area contributed by atoms with Crippen molar-refractivity contribution in [3.63, 3.8) is 0 Å². The Hall–Kier alpha value is -1.57. The monoisotopic (exact) mass is 221 g/mol. The van der Waals surface area contributed by atoms with Gasteiger partial charge in [-0.3, -0.25) is 0 Å². The second-order valence-corrected chi connectivity index (χ2v) is 2.91. The molecule has 0 aliphatic carbocycles. The third-order valence-corrected chi connectivity index (χ3v) is 1.82. The molecule has 0 bridgehead atoms. The number of carboxylic acids is 1. The van der Waals surface area contributed by atoms with Crippen molar-refractivity contribution in [2.24, 2.45) is 0 Å². The first-order valence-electron chi connectivity index (χ1n) is 4.06. The van der Waals surface area contributed by atoms with E-state index in [9.17, 15) is 13.6 Å². The molecule has 0 saturated carbocycles. The van der Waals surface area contributed by atoms with Crippen LogP contribution in [-0.4, -0.2) is 37.8 Å². The second-order valence-electron chi connectivity index (χ2n) is 2.91. The number of alkyl halides is 2. The van der Waals surface area contributed by atoms with Gasteiger partial charge in [-0.15, -0.1) is 5.10 Å². The Morgan fingerprint density at radius 1 is 1.60 bits per heavy atom. The zero-order valence-electron chi connectivity index (χ0n) is 7.76. The zero-order chi connectivity index (χ0) is 11.6. The van der Waals surface area contributed by atoms with Gasteiger partial charge in [-0.25, -0.2) is 18.3 Å². The fourth-order valence-electron chi connectivity index (χ4n) is 1.06. The highest BCUT2D eigenvalue weighted by Crippen LogP contribution is 2.23. The molecule has 1 unspecified atom stereocenters. The quantitative estimate of drug-likeness (QED) is 0.771. The van der Waals surface area contributed by atoms with Gasteiger partial charge in [0.1, 0.15) is 5.69 Å². The molecule has 2 N–H and O–H groups in total. The van der Waals surface area contributed by atoms with Crippen LogP contribution in [0.2, 0.25) is 0 Å². The Balaban J connectivity index is 3.24. The van der Waals surface area contributed by atoms with E-state index in [-0.39, 0.29) is 0 Å². The van der Waals surface area contributed by atoms with Gasteiger partial charge < -0.3 is 10.2 Å². The topological polar surface area (TPSA) is 88.2 Å². The predicted octanol–water partition coefficient (Wildman–Crippen LogP) is 0.467. The predicted molar refractivity (Wildman–Crippen MR) is 43.7 cm³/mol. The van der Waals surface area contributed by atoms with E-state index in [1.54, 1.807) is 0 Å². The fourth-order valence-corrected chi connectivity index (χ4v) is 1.06. The molecule has 0 fully saturated rings. The average molecular weight is 221 g/mol. The summed E-state index contributed by atoms with van der Waals surface area (Å²) in [6, 6.07) is -0.741. The molecule has 1 aromatic heterocycles. The van der Waals surface area contributed by atoms with Crippen molar-refractivity contribution in [2.45, 2.75) is 19.4 Å². The van der Waals surface area contributed by atoms with Gasteiger partial charge in [0.2, 0.25) is 0 Å². The molecule has 6 nitrogen and oxygen atoms in total. The lowest BCUT2D eigenvalue weighted by molar-refractivity contribution is 0.0674. The highest BCUT2D eigenvalue weighted by molar-refractivity contribution is 5.86. The minimum Gasteiger partial charge on any atom is -0.476 e. The van der Waals surface area contributed by atoms with E-state index in [0.717, 1.165) is 0 Å². The molecule has 8 heteroatoms. The molecule has 0 aromatic carbocycles. The molecule has 1 atom stereocenters. The van der Waals surface area contributed by atoms with Crippen molar-refractivity contribution in [3.8, 4) is 0 Å². The molecule has 0 aliphatic heterocycles. The number of hydrogen-bond donors (Lipinski definition) is 2. The maximum absolute atomic E-state index is 12.5. The van der Waals surface area contributed by atoms with Crippen LogP contribution >= 0.6 is 0 Å². The Morgan fingerprint density at radius 2 is 2.20 bits per heavy atom. The summed E-state index contributed by atoms with van der Waals surface area (Å²) in [5, 5.41) is 23.7. The number of aliphatic hydroxyl groups excluding tert-OH is 1. The van der Waals surface area contributed by atoms with Crippen LogP contribution in [0.15, 0.2) is 0 Å². The van der Waals surface area contributed by atoms with Crippen molar-refractivity contribution in [1.82, 2.24) is 15.0 Å². The summed E-state index contributed by atoms with van der Waals surface area (Å²) < 4.78 is 25.8. The SMILES string of the molecule is CC(CO)n1nnc(C(=O)O)c1C(F)F. The van der Waals surface area contributed by atoms with Gasteiger partial charge in [0, 0.05) is 0 Å². The van der Waals surface area contributed by atoms with Gasteiger partial charge in [-0.1, -0.05) is 5.21 Å². The van der Waals surface area contributed by atoms with Crippen molar-refractivity contribution in [1.29, 1.82) is 0 Å². The molecule has 0 spiro atoms. The van der Waals surface area contributed by atoms with E-state index in [1.807, 2.05) is 0 Å². The van der Waals surface area contributed by atoms with Gasteiger partial charge in [0.25, 0.3) is 6.43 Å². The van der Waals surface area contributed by atoms with E-state index in [1.165, 1.54) is 6.92 Å². The summed E-state index contributed by atoms with van der Waals surface area (Å²) in [7, 11) is 0. The number of aliphatic hydroxyl groups is 1. The molecule has 1 rings (SSSR count). The van der Waals surface area contributed by atoms with Crippen LogP contribution in [-0.2, 0) is 0 Å². The minimum absolute atomic E-state index is 0.428. The van der Waals surface area contributed by atoms with Crippen LogP contribution in [0, 0.1) is 0 Å². The Morgan fingerprint density at radius 3 is 2.60 bits per heavy atom. The lowest BCUT2D eigenvalue weighted by Gasteiger charge is -2.11. The number of nitrogens with zero attached hydrogens (tertiary/aromatic N) is 3. The first-order chi connectivity index (χ1) is 6.99. The van der Waals surface area contributed by atoms with Crippen LogP contribution in [0.1, 0.15) is 35.6 Å². The fraction of sp³-hybridized carbons (Fsp3) is 0.571. The molecule has 0 aliphatic rings. The lowest BCUT2D eigenvalue weighted by atomic mass is 10.3. The number of hydrogen-bond acceptors (Lipinski definition) is 4. The van der Waals surface area contributed by atoms with E-state index in [4.69, 9.17) is 10.2 Å². The molecular formula is C7H9F2N3O3. The highest BCUT2D eigenvalue weighted by atomic mass is 19.3. The summed E-state index contributed by atoms with van der Waals surface area (Å²) in [5.74, 6) is -1.57. The van der Waals surface area contributed by atoms with Crippen LogP contribution in [0.25, 0.3) is 0 Å². The summed E-state index contributed by atoms with van der Waals surface area (Å²) in [5.41, 5.74) is -1.57. The van der Waals surface area contributed by atoms with Crippen molar-refractivity contribution in [2.75, 3.05) is 6.61 Å². The van der Waals surface area contributed by atoms with E-state index >= 15 is 0 Å². The smallest absolute Gasteiger partial charge is 0.358 e. The number of rotatable bonds is 4. The van der Waals surface area contributed by atoms with Crippen LogP contribution < -0.4 is 0 Å². The largest absolute Gasteiger partial charge is 0.476 e. The number of carbonyl (C=O) groups is 1. The highest BCUT2D eigenvalue weighted by Gasteiger charge is 2.27. The van der Waals surface area contributed by atoms with Gasteiger partial charge in [-0.2, -0.15) is 0 Å². The molecule has 0 saturated heterocycles. The first-order valence-corrected chi connectivity index (χ1v) is 4.06. The molecule has 1 heterocycles. The number of halogens is 2. The van der Waals surface area contributed by atoms with Gasteiger partial charge in [0.05, 0.1) is 12.6 Å². The van der Waals surface area contributed by atoms with Crippen LogP contribution in [0.5, 0.6) is 0 Å². The number of carboxylic acid groups (broad SMARTS) is 1. The molecule has 0 radical (unpaired) electrons. The Kier molecular flexibility index (Phi) is 3.30. The summed E-state index contributed by atoms with van der Waals surface area (Å²) in [6.07, 6.45) is -3.00. The van der Waals surface area contributed by atoms with Crippen molar-refractivity contribution in [3.05, 3.63) is 11.4 Å².